The fraction of sp³-hybridized carbons (Fsp3) is 0.467. The maximum absolute atomic E-state index is 2.45. The summed E-state index contributed by atoms with van der Waals surface area (Å²) < 4.78 is 1.42. The van der Waals surface area contributed by atoms with Gasteiger partial charge in [0.15, 0.2) is 0 Å². The predicted octanol–water partition coefficient (Wildman–Crippen LogP) is 4.94. The Bertz CT molecular complexity index is 458. The molecule has 0 fully saturated rings. The summed E-state index contributed by atoms with van der Waals surface area (Å²) in [6.07, 6.45) is 13.3. The van der Waals surface area contributed by atoms with E-state index in [1.165, 1.54) is 22.8 Å². The second-order valence-electron chi connectivity index (χ2n) is 5.48. The van der Waals surface area contributed by atoms with Gasteiger partial charge < -0.3 is 0 Å². The smallest absolute Gasteiger partial charge is 0.0114 e. The van der Waals surface area contributed by atoms with Crippen molar-refractivity contribution in [2.45, 2.75) is 33.1 Å². The molecule has 0 aliphatic heterocycles. The molecule has 0 saturated carbocycles. The Morgan fingerprint density at radius 3 is 3.00 bits per heavy atom. The fourth-order valence-corrected chi connectivity index (χ4v) is 4.01. The molecule has 0 radical (unpaired) electrons. The topological polar surface area (TPSA) is 0 Å². The molecule has 16 heavy (non-hydrogen) atoms. The zero-order valence-electron chi connectivity index (χ0n) is 9.89. The van der Waals surface area contributed by atoms with Crippen molar-refractivity contribution in [2.24, 2.45) is 11.3 Å². The number of fused-ring (bicyclic) bond motifs is 2. The largest absolute Gasteiger partial charge is 0.0839 e. The van der Waals surface area contributed by atoms with Crippen molar-refractivity contribution < 1.29 is 0 Å². The quantitative estimate of drug-likeness (QED) is 0.554. The van der Waals surface area contributed by atoms with E-state index in [2.05, 4.69) is 60.7 Å². The maximum Gasteiger partial charge on any atom is 0.0114 e. The summed E-state index contributed by atoms with van der Waals surface area (Å²) in [4.78, 5) is 0. The highest BCUT2D eigenvalue weighted by atomic mass is 127. The van der Waals surface area contributed by atoms with E-state index in [1.54, 1.807) is 16.7 Å². The van der Waals surface area contributed by atoms with Crippen LogP contribution in [0.4, 0.5) is 0 Å². The highest BCUT2D eigenvalue weighted by molar-refractivity contribution is 14.1. The predicted molar refractivity (Wildman–Crippen MR) is 77.5 cm³/mol. The van der Waals surface area contributed by atoms with Crippen molar-refractivity contribution in [1.82, 2.24) is 0 Å². The molecule has 0 amide bonds. The van der Waals surface area contributed by atoms with E-state index in [0.717, 1.165) is 0 Å². The van der Waals surface area contributed by atoms with Crippen LogP contribution in [0.3, 0.4) is 0 Å². The number of halogens is 1. The lowest BCUT2D eigenvalue weighted by Gasteiger charge is -2.27. The number of hydrogen-bond acceptors (Lipinski definition) is 0. The van der Waals surface area contributed by atoms with Gasteiger partial charge in [-0.1, -0.05) is 43.2 Å². The molecule has 1 atom stereocenters. The Balaban J connectivity index is 2.14. The summed E-state index contributed by atoms with van der Waals surface area (Å²) in [5.41, 5.74) is 5.24. The van der Waals surface area contributed by atoms with Gasteiger partial charge in [-0.3, -0.25) is 0 Å². The van der Waals surface area contributed by atoms with Crippen LogP contribution in [0.1, 0.15) is 33.1 Å². The van der Waals surface area contributed by atoms with E-state index in [4.69, 9.17) is 0 Å². The van der Waals surface area contributed by atoms with Gasteiger partial charge in [0.25, 0.3) is 0 Å². The minimum Gasteiger partial charge on any atom is -0.0839 e. The molecule has 1 heteroatoms. The minimum atomic E-state index is 0.265. The second-order valence-corrected chi connectivity index (χ2v) is 6.73. The zero-order chi connectivity index (χ0) is 11.3. The van der Waals surface area contributed by atoms with Crippen LogP contribution in [-0.2, 0) is 0 Å². The molecule has 1 unspecified atom stereocenters. The van der Waals surface area contributed by atoms with Crippen LogP contribution in [0.15, 0.2) is 44.6 Å². The zero-order valence-corrected chi connectivity index (χ0v) is 12.0. The molecule has 0 aromatic carbocycles. The van der Waals surface area contributed by atoms with Crippen molar-refractivity contribution in [1.29, 1.82) is 0 Å². The second kappa shape index (κ2) is 3.59. The average Bonchev–Trinajstić information content (AvgIpc) is 2.49. The van der Waals surface area contributed by atoms with Gasteiger partial charge in [-0.05, 0) is 53.5 Å². The number of hydrogen-bond donors (Lipinski definition) is 0. The first kappa shape index (κ1) is 10.8. The molecule has 0 bridgehead atoms. The van der Waals surface area contributed by atoms with Gasteiger partial charge in [0.1, 0.15) is 0 Å². The molecule has 3 rings (SSSR count). The van der Waals surface area contributed by atoms with Gasteiger partial charge in [-0.25, -0.2) is 0 Å². The van der Waals surface area contributed by atoms with E-state index in [9.17, 15) is 0 Å². The molecule has 0 nitrogen and oxygen atoms in total. The van der Waals surface area contributed by atoms with E-state index < -0.39 is 0 Å². The third-order valence-electron chi connectivity index (χ3n) is 4.24. The van der Waals surface area contributed by atoms with Crippen molar-refractivity contribution in [2.75, 3.05) is 0 Å². The summed E-state index contributed by atoms with van der Waals surface area (Å²) in [5, 5.41) is 0. The Morgan fingerprint density at radius 1 is 1.38 bits per heavy atom. The summed E-state index contributed by atoms with van der Waals surface area (Å²) >= 11 is 2.45. The standard InChI is InChI=1S/C15H17I/c1-15(2)13-6-4-3-5-11(13)12-8-7-10(16)9-14(12)15/h4,6-7,9,12H,3,5,8H2,1-2H3. The monoisotopic (exact) mass is 324 g/mol. The van der Waals surface area contributed by atoms with E-state index in [-0.39, 0.29) is 5.41 Å². The Kier molecular flexibility index (Phi) is 2.43. The first-order chi connectivity index (χ1) is 7.60. The van der Waals surface area contributed by atoms with Crippen LogP contribution in [0.2, 0.25) is 0 Å². The molecule has 3 aliphatic rings. The van der Waals surface area contributed by atoms with Gasteiger partial charge in [-0.2, -0.15) is 0 Å². The molecule has 0 aromatic heterocycles. The third-order valence-corrected chi connectivity index (χ3v) is 5.00. The molecule has 0 N–H and O–H groups in total. The maximum atomic E-state index is 2.45. The normalized spacial score (nSPS) is 30.8. The van der Waals surface area contributed by atoms with Crippen molar-refractivity contribution in [3.05, 3.63) is 44.6 Å². The lowest BCUT2D eigenvalue weighted by molar-refractivity contribution is 0.528. The molecular weight excluding hydrogens is 307 g/mol. The fourth-order valence-electron chi connectivity index (χ4n) is 3.42. The summed E-state index contributed by atoms with van der Waals surface area (Å²) in [6, 6.07) is 0. The lowest BCUT2D eigenvalue weighted by Crippen LogP contribution is -2.16. The van der Waals surface area contributed by atoms with Gasteiger partial charge in [0, 0.05) is 14.9 Å². The Morgan fingerprint density at radius 2 is 2.19 bits per heavy atom. The third kappa shape index (κ3) is 1.40. The van der Waals surface area contributed by atoms with Crippen molar-refractivity contribution >= 4 is 22.6 Å². The van der Waals surface area contributed by atoms with Crippen molar-refractivity contribution in [3.8, 4) is 0 Å². The van der Waals surface area contributed by atoms with E-state index in [0.29, 0.717) is 5.92 Å². The Hall–Kier alpha value is -0.310. The minimum absolute atomic E-state index is 0.265. The lowest BCUT2D eigenvalue weighted by atomic mass is 9.77. The molecule has 84 valence electrons. The van der Waals surface area contributed by atoms with Gasteiger partial charge in [0.05, 0.1) is 0 Å². The summed E-state index contributed by atoms with van der Waals surface area (Å²) in [5.74, 6) is 0.716. The SMILES string of the molecule is CC1(C)C2=CC(I)=CCC2C2=C1C=CCC2. The van der Waals surface area contributed by atoms with E-state index in [1.807, 2.05) is 0 Å². The Labute approximate surface area is 111 Å². The summed E-state index contributed by atoms with van der Waals surface area (Å²) in [7, 11) is 0. The molecule has 0 heterocycles. The molecule has 0 spiro atoms. The number of allylic oxidation sites excluding steroid dienone is 8. The average molecular weight is 324 g/mol. The molecular formula is C15H17I. The first-order valence-corrected chi connectivity index (χ1v) is 7.16. The number of rotatable bonds is 0. The van der Waals surface area contributed by atoms with Gasteiger partial charge in [0.2, 0.25) is 0 Å². The van der Waals surface area contributed by atoms with Gasteiger partial charge in [-0.15, -0.1) is 0 Å². The highest BCUT2D eigenvalue weighted by Crippen LogP contribution is 2.56. The van der Waals surface area contributed by atoms with Gasteiger partial charge >= 0.3 is 0 Å². The first-order valence-electron chi connectivity index (χ1n) is 6.08. The van der Waals surface area contributed by atoms with E-state index >= 15 is 0 Å². The van der Waals surface area contributed by atoms with Crippen LogP contribution in [-0.4, -0.2) is 0 Å². The molecule has 0 aromatic rings. The van der Waals surface area contributed by atoms with Crippen LogP contribution in [0, 0.1) is 11.3 Å². The van der Waals surface area contributed by atoms with Crippen LogP contribution in [0.25, 0.3) is 0 Å². The molecule has 0 saturated heterocycles. The molecule has 3 aliphatic carbocycles. The van der Waals surface area contributed by atoms with Crippen LogP contribution < -0.4 is 0 Å². The van der Waals surface area contributed by atoms with Crippen LogP contribution in [0.5, 0.6) is 0 Å². The van der Waals surface area contributed by atoms with Crippen LogP contribution >= 0.6 is 22.6 Å². The highest BCUT2D eigenvalue weighted by Gasteiger charge is 2.43. The summed E-state index contributed by atoms with van der Waals surface area (Å²) in [6.45, 7) is 4.78. The van der Waals surface area contributed by atoms with Crippen molar-refractivity contribution in [3.63, 3.8) is 0 Å².